The van der Waals surface area contributed by atoms with E-state index in [2.05, 4.69) is 72.8 Å². The smallest absolute Gasteiger partial charge is 0.164 e. The molecule has 9 aromatic rings. The topological polar surface area (TPSA) is 125 Å². The van der Waals surface area contributed by atoms with Crippen LogP contribution in [0.15, 0.2) is 170 Å². The van der Waals surface area contributed by atoms with E-state index in [9.17, 15) is 10.5 Å². The van der Waals surface area contributed by atoms with Gasteiger partial charge in [-0.3, -0.25) is 0 Å². The molecule has 68 heavy (non-hydrogen) atoms. The van der Waals surface area contributed by atoms with E-state index >= 15 is 0 Å². The monoisotopic (exact) mass is 874 g/mol. The zero-order valence-corrected chi connectivity index (χ0v) is 37.1. The van der Waals surface area contributed by atoms with E-state index < -0.39 is 0 Å². The molecular weight excluding hydrogens is 833 g/mol. The predicted octanol–water partition coefficient (Wildman–Crippen LogP) is 13.5. The van der Waals surface area contributed by atoms with Gasteiger partial charge in [0.25, 0.3) is 0 Å². The van der Waals surface area contributed by atoms with Crippen LogP contribution in [0, 0.1) is 39.9 Å². The molecule has 8 nitrogen and oxygen atoms in total. The first kappa shape index (κ1) is 39.9. The van der Waals surface area contributed by atoms with E-state index in [0.717, 1.165) is 56.3 Å². The zero-order valence-electron chi connectivity index (χ0n) is 37.1. The van der Waals surface area contributed by atoms with Crippen LogP contribution >= 0.6 is 0 Å². The highest BCUT2D eigenvalue weighted by Gasteiger charge is 2.64. The molecule has 0 saturated heterocycles. The zero-order chi connectivity index (χ0) is 45.3. The Labute approximate surface area is 394 Å². The molecule has 5 unspecified atom stereocenters. The number of aromatic nitrogens is 6. The second kappa shape index (κ2) is 15.9. The highest BCUT2D eigenvalue weighted by molar-refractivity contribution is 5.91. The van der Waals surface area contributed by atoms with Gasteiger partial charge in [-0.1, -0.05) is 103 Å². The molecule has 7 aromatic carbocycles. The third kappa shape index (κ3) is 6.63. The molecule has 8 heteroatoms. The highest BCUT2D eigenvalue weighted by Crippen LogP contribution is 2.75. The largest absolute Gasteiger partial charge is 0.208 e. The van der Waals surface area contributed by atoms with Crippen molar-refractivity contribution in [3.05, 3.63) is 192 Å². The molecule has 2 aromatic heterocycles. The van der Waals surface area contributed by atoms with Crippen molar-refractivity contribution in [3.8, 4) is 103 Å². The minimum Gasteiger partial charge on any atom is -0.208 e. The number of hydrogen-bond donors (Lipinski definition) is 0. The summed E-state index contributed by atoms with van der Waals surface area (Å²) in [6, 6.07) is 61.8. The summed E-state index contributed by atoms with van der Waals surface area (Å²) in [7, 11) is 0. The number of fused-ring (bicyclic) bond motifs is 7. The number of benzene rings is 7. The number of nitrogens with zero attached hydrogens (tertiary/aromatic N) is 8. The van der Waals surface area contributed by atoms with Crippen LogP contribution < -0.4 is 0 Å². The Bertz CT molecular complexity index is 3380. The summed E-state index contributed by atoms with van der Waals surface area (Å²) in [5.41, 5.74) is 14.1. The van der Waals surface area contributed by atoms with Crippen molar-refractivity contribution >= 4 is 0 Å². The van der Waals surface area contributed by atoms with Gasteiger partial charge in [-0.05, 0) is 161 Å². The average Bonchev–Trinajstić information content (AvgIpc) is 3.87. The molecule has 3 saturated carbocycles. The number of hydrogen-bond acceptors (Lipinski definition) is 8. The third-order valence-corrected chi connectivity index (χ3v) is 15.4. The van der Waals surface area contributed by atoms with Crippen molar-refractivity contribution in [2.45, 2.75) is 43.9 Å². The van der Waals surface area contributed by atoms with Crippen LogP contribution in [-0.2, 0) is 0 Å². The van der Waals surface area contributed by atoms with Crippen LogP contribution in [0.1, 0.15) is 66.2 Å². The fraction of sp³-hybridized carbons (Fsp3) is 0.167. The van der Waals surface area contributed by atoms with Crippen LogP contribution in [0.25, 0.3) is 90.6 Å². The highest BCUT2D eigenvalue weighted by atomic mass is 15.0. The van der Waals surface area contributed by atoms with Crippen LogP contribution in [0.3, 0.4) is 0 Å². The van der Waals surface area contributed by atoms with Gasteiger partial charge < -0.3 is 0 Å². The lowest BCUT2D eigenvalue weighted by Gasteiger charge is -2.49. The van der Waals surface area contributed by atoms with E-state index in [1.54, 1.807) is 24.3 Å². The molecule has 3 fully saturated rings. The molecule has 0 N–H and O–H groups in total. The van der Waals surface area contributed by atoms with Crippen molar-refractivity contribution in [3.63, 3.8) is 0 Å². The Morgan fingerprint density at radius 2 is 0.765 bits per heavy atom. The van der Waals surface area contributed by atoms with Gasteiger partial charge in [0.05, 0.1) is 23.3 Å². The standard InChI is InChI=1S/C60H42N8/c61-34-36-18-22-40(23-19-36)56-63-54(38-10-3-1-4-11-38)65-58(67-56)43-26-42(27-44(28-43)59-66-55(39-12-5-2-6-13-39)64-57(68-59)41-24-20-37(35-62)21-25-41)50-16-9-17-51-46-30-48-31-47-29-45(32-60(47,48)33-46)49-14-7-8-15-52(49)53(50)51/h1-28,45-48H,29-33H2. The van der Waals surface area contributed by atoms with E-state index in [1.807, 2.05) is 84.9 Å². The van der Waals surface area contributed by atoms with Crippen LogP contribution in [0.5, 0.6) is 0 Å². The van der Waals surface area contributed by atoms with Crippen molar-refractivity contribution in [2.75, 3.05) is 0 Å². The van der Waals surface area contributed by atoms with Crippen LogP contribution in [0.4, 0.5) is 0 Å². The van der Waals surface area contributed by atoms with Crippen molar-refractivity contribution in [1.29, 1.82) is 10.5 Å². The van der Waals surface area contributed by atoms with Gasteiger partial charge in [0, 0.05) is 33.4 Å². The fourth-order valence-electron chi connectivity index (χ4n) is 12.3. The SMILES string of the molecule is N#Cc1ccc(-c2nc(-c3ccccc3)nc(-c3cc(-c4nc(-c5ccccc5)nc(-c5ccc(C#N)cc5)n4)cc(-c4cccc5c4-c4ccccc4C4CC6CC7CC5CC67C4)c3)n2)cc1. The van der Waals surface area contributed by atoms with Crippen LogP contribution in [0.2, 0.25) is 0 Å². The lowest BCUT2D eigenvalue weighted by molar-refractivity contribution is 0.00308. The average molecular weight is 875 g/mol. The Balaban J connectivity index is 1.07. The van der Waals surface area contributed by atoms with E-state index in [-0.39, 0.29) is 0 Å². The summed E-state index contributed by atoms with van der Waals surface area (Å²) in [6.07, 6.45) is 6.48. The maximum Gasteiger partial charge on any atom is 0.164 e. The molecule has 13 rings (SSSR count). The van der Waals surface area contributed by atoms with Crippen molar-refractivity contribution < 1.29 is 0 Å². The molecule has 0 radical (unpaired) electrons. The summed E-state index contributed by atoms with van der Waals surface area (Å²) in [4.78, 5) is 30.9. The number of nitriles is 2. The summed E-state index contributed by atoms with van der Waals surface area (Å²) in [6.45, 7) is 0. The van der Waals surface area contributed by atoms with E-state index in [0.29, 0.717) is 63.3 Å². The van der Waals surface area contributed by atoms with E-state index in [4.69, 9.17) is 29.9 Å². The number of rotatable bonds is 7. The van der Waals surface area contributed by atoms with Gasteiger partial charge >= 0.3 is 0 Å². The second-order valence-electron chi connectivity index (χ2n) is 19.0. The normalized spacial score (nSPS) is 20.4. The van der Waals surface area contributed by atoms with Gasteiger partial charge in [-0.2, -0.15) is 10.5 Å². The summed E-state index contributed by atoms with van der Waals surface area (Å²) in [5.74, 6) is 5.75. The lowest BCUT2D eigenvalue weighted by Crippen LogP contribution is -2.41. The Morgan fingerprint density at radius 3 is 1.26 bits per heavy atom. The molecule has 4 aliphatic carbocycles. The van der Waals surface area contributed by atoms with Crippen LogP contribution in [-0.4, -0.2) is 29.9 Å². The Morgan fingerprint density at radius 1 is 0.368 bits per heavy atom. The van der Waals surface area contributed by atoms with Crippen molar-refractivity contribution in [2.24, 2.45) is 17.3 Å². The second-order valence-corrected chi connectivity index (χ2v) is 19.0. The van der Waals surface area contributed by atoms with Gasteiger partial charge in [0.1, 0.15) is 0 Å². The Kier molecular flexibility index (Phi) is 9.30. The van der Waals surface area contributed by atoms with Gasteiger partial charge in [0.2, 0.25) is 0 Å². The molecule has 322 valence electrons. The van der Waals surface area contributed by atoms with Crippen molar-refractivity contribution in [1.82, 2.24) is 29.9 Å². The molecular formula is C60H42N8. The molecule has 0 amide bonds. The van der Waals surface area contributed by atoms with Gasteiger partial charge in [-0.15, -0.1) is 0 Å². The van der Waals surface area contributed by atoms with Gasteiger partial charge in [0.15, 0.2) is 34.9 Å². The maximum absolute atomic E-state index is 9.64. The summed E-state index contributed by atoms with van der Waals surface area (Å²) < 4.78 is 0. The third-order valence-electron chi connectivity index (χ3n) is 15.4. The first-order valence-electron chi connectivity index (χ1n) is 23.5. The first-order valence-corrected chi connectivity index (χ1v) is 23.5. The molecule has 4 aliphatic rings. The molecule has 2 heterocycles. The first-order chi connectivity index (χ1) is 33.5. The quantitative estimate of drug-likeness (QED) is 0.155. The minimum absolute atomic E-state index is 0.469. The molecule has 5 atom stereocenters. The molecule has 1 spiro atoms. The minimum atomic E-state index is 0.469. The molecule has 0 aliphatic heterocycles. The Hall–Kier alpha value is -8.46. The van der Waals surface area contributed by atoms with E-state index in [1.165, 1.54) is 54.4 Å². The molecule has 3 bridgehead atoms. The summed E-state index contributed by atoms with van der Waals surface area (Å²) in [5, 5.41) is 19.3. The van der Waals surface area contributed by atoms with Gasteiger partial charge in [-0.25, -0.2) is 29.9 Å². The lowest BCUT2D eigenvalue weighted by atomic mass is 9.56. The predicted molar refractivity (Wildman–Crippen MR) is 264 cm³/mol. The maximum atomic E-state index is 9.64. The fourth-order valence-corrected chi connectivity index (χ4v) is 12.3. The summed E-state index contributed by atoms with van der Waals surface area (Å²) >= 11 is 0.